The summed E-state index contributed by atoms with van der Waals surface area (Å²) in [6.45, 7) is 1.25. The minimum Gasteiger partial charge on any atom is -0.358 e. The summed E-state index contributed by atoms with van der Waals surface area (Å²) in [5.41, 5.74) is 4.48. The summed E-state index contributed by atoms with van der Waals surface area (Å²) < 4.78 is 13.9. The Balaban J connectivity index is 1.20. The number of aromatic nitrogens is 1. The first kappa shape index (κ1) is 17.8. The Labute approximate surface area is 173 Å². The molecule has 3 aliphatic heterocycles. The van der Waals surface area contributed by atoms with Gasteiger partial charge in [0.25, 0.3) is 11.8 Å². The largest absolute Gasteiger partial charge is 0.358 e. The molecule has 5 nitrogen and oxygen atoms in total. The summed E-state index contributed by atoms with van der Waals surface area (Å²) in [7, 11) is 0. The zero-order valence-electron chi connectivity index (χ0n) is 16.5. The summed E-state index contributed by atoms with van der Waals surface area (Å²) in [6, 6.07) is 12.7. The number of hydrogen-bond acceptors (Lipinski definition) is 3. The lowest BCUT2D eigenvalue weighted by Crippen LogP contribution is -2.39. The standard InChI is InChI=1S/C24H22FN3O2/c25-14-6-8-19-18(12-14)22-20(26-19)13-15-7-9-21(22)27(15)10-3-11-28-23(29)16-4-1-2-5-17(16)24(28)30/h1-2,4-6,8,12,15,21,26H,3,7,9-11,13H2. The molecular formula is C24H22FN3O2. The fourth-order valence-corrected chi connectivity index (χ4v) is 5.68. The van der Waals surface area contributed by atoms with Gasteiger partial charge in [-0.2, -0.15) is 0 Å². The van der Waals surface area contributed by atoms with E-state index in [4.69, 9.17) is 0 Å². The van der Waals surface area contributed by atoms with Crippen LogP contribution in [0.3, 0.4) is 0 Å². The highest BCUT2D eigenvalue weighted by Crippen LogP contribution is 2.46. The van der Waals surface area contributed by atoms with Crippen LogP contribution < -0.4 is 0 Å². The predicted molar refractivity (Wildman–Crippen MR) is 111 cm³/mol. The fraction of sp³-hybridized carbons (Fsp3) is 0.333. The Bertz CT molecular complexity index is 1170. The van der Waals surface area contributed by atoms with Gasteiger partial charge in [0.15, 0.2) is 0 Å². The number of nitrogens with one attached hydrogen (secondary N) is 1. The normalized spacial score (nSPS) is 22.8. The molecular weight excluding hydrogens is 381 g/mol. The molecule has 30 heavy (non-hydrogen) atoms. The average Bonchev–Trinajstić information content (AvgIpc) is 3.33. The number of amides is 2. The molecule has 1 aromatic heterocycles. The van der Waals surface area contributed by atoms with Gasteiger partial charge in [0.1, 0.15) is 5.82 Å². The highest BCUT2D eigenvalue weighted by molar-refractivity contribution is 6.21. The molecule has 2 aromatic carbocycles. The predicted octanol–water partition coefficient (Wildman–Crippen LogP) is 4.05. The first-order valence-electron chi connectivity index (χ1n) is 10.6. The molecule has 3 aromatic rings. The van der Waals surface area contributed by atoms with Gasteiger partial charge in [-0.1, -0.05) is 12.1 Å². The second kappa shape index (κ2) is 6.51. The van der Waals surface area contributed by atoms with Gasteiger partial charge >= 0.3 is 0 Å². The number of carbonyl (C=O) groups excluding carboxylic acids is 2. The van der Waals surface area contributed by atoms with Crippen molar-refractivity contribution >= 4 is 22.7 Å². The van der Waals surface area contributed by atoms with Crippen molar-refractivity contribution in [2.75, 3.05) is 13.1 Å². The van der Waals surface area contributed by atoms with Gasteiger partial charge in [-0.15, -0.1) is 0 Å². The Morgan fingerprint density at radius 1 is 1.00 bits per heavy atom. The number of fused-ring (bicyclic) bond motifs is 7. The Morgan fingerprint density at radius 2 is 1.77 bits per heavy atom. The second-order valence-corrected chi connectivity index (χ2v) is 8.56. The number of carbonyl (C=O) groups is 2. The van der Waals surface area contributed by atoms with E-state index < -0.39 is 0 Å². The highest BCUT2D eigenvalue weighted by atomic mass is 19.1. The molecule has 0 saturated carbocycles. The van der Waals surface area contributed by atoms with Gasteiger partial charge in [-0.3, -0.25) is 19.4 Å². The molecule has 3 aliphatic rings. The van der Waals surface area contributed by atoms with Crippen LogP contribution in [0.1, 0.15) is 57.3 Å². The molecule has 2 amide bonds. The second-order valence-electron chi connectivity index (χ2n) is 8.56. The smallest absolute Gasteiger partial charge is 0.261 e. The van der Waals surface area contributed by atoms with E-state index in [1.165, 1.54) is 22.2 Å². The van der Waals surface area contributed by atoms with Gasteiger partial charge < -0.3 is 4.98 Å². The van der Waals surface area contributed by atoms with Crippen LogP contribution in [0, 0.1) is 5.82 Å². The van der Waals surface area contributed by atoms with Crippen LogP contribution in [0.15, 0.2) is 42.5 Å². The maximum Gasteiger partial charge on any atom is 0.261 e. The van der Waals surface area contributed by atoms with Crippen LogP contribution in [-0.2, 0) is 6.42 Å². The van der Waals surface area contributed by atoms with E-state index in [-0.39, 0.29) is 23.7 Å². The zero-order chi connectivity index (χ0) is 20.4. The van der Waals surface area contributed by atoms with Crippen LogP contribution in [0.25, 0.3) is 10.9 Å². The first-order chi connectivity index (χ1) is 14.6. The number of aromatic amines is 1. The molecule has 0 spiro atoms. The lowest BCUT2D eigenvalue weighted by molar-refractivity contribution is 0.0642. The Morgan fingerprint density at radius 3 is 2.53 bits per heavy atom. The van der Waals surface area contributed by atoms with E-state index in [0.717, 1.165) is 43.1 Å². The molecule has 1 N–H and O–H groups in total. The first-order valence-corrected chi connectivity index (χ1v) is 10.6. The SMILES string of the molecule is O=C1c2ccccc2C(=O)N1CCCN1C2CCC1c1c([nH]c3ccc(F)cc13)C2. The highest BCUT2D eigenvalue weighted by Gasteiger charge is 2.42. The molecule has 0 aliphatic carbocycles. The molecule has 1 saturated heterocycles. The van der Waals surface area contributed by atoms with Gasteiger partial charge in [0, 0.05) is 48.2 Å². The minimum absolute atomic E-state index is 0.188. The maximum atomic E-state index is 13.9. The van der Waals surface area contributed by atoms with E-state index >= 15 is 0 Å². The van der Waals surface area contributed by atoms with Gasteiger partial charge in [-0.25, -0.2) is 4.39 Å². The van der Waals surface area contributed by atoms with E-state index in [9.17, 15) is 14.0 Å². The lowest BCUT2D eigenvalue weighted by atomic mass is 9.96. The minimum atomic E-state index is -0.207. The van der Waals surface area contributed by atoms with Crippen LogP contribution in [0.4, 0.5) is 4.39 Å². The van der Waals surface area contributed by atoms with Gasteiger partial charge in [0.05, 0.1) is 11.1 Å². The van der Waals surface area contributed by atoms with Crippen LogP contribution in [-0.4, -0.2) is 45.7 Å². The molecule has 2 bridgehead atoms. The summed E-state index contributed by atoms with van der Waals surface area (Å²) in [4.78, 5) is 32.6. The number of H-pyrrole nitrogens is 1. The Kier molecular flexibility index (Phi) is 3.87. The molecule has 152 valence electrons. The number of rotatable bonds is 4. The summed E-state index contributed by atoms with van der Waals surface area (Å²) >= 11 is 0. The van der Waals surface area contributed by atoms with E-state index in [1.54, 1.807) is 30.3 Å². The van der Waals surface area contributed by atoms with E-state index in [2.05, 4.69) is 9.88 Å². The van der Waals surface area contributed by atoms with Crippen molar-refractivity contribution in [3.63, 3.8) is 0 Å². The van der Waals surface area contributed by atoms with Crippen molar-refractivity contribution in [3.8, 4) is 0 Å². The fourth-order valence-electron chi connectivity index (χ4n) is 5.68. The van der Waals surface area contributed by atoms with Crippen molar-refractivity contribution in [3.05, 3.63) is 70.7 Å². The molecule has 2 unspecified atom stereocenters. The van der Waals surface area contributed by atoms with Crippen molar-refractivity contribution < 1.29 is 14.0 Å². The van der Waals surface area contributed by atoms with Crippen molar-refractivity contribution in [2.45, 2.75) is 37.8 Å². The number of hydrogen-bond donors (Lipinski definition) is 1. The monoisotopic (exact) mass is 403 g/mol. The summed E-state index contributed by atoms with van der Waals surface area (Å²) in [5, 5.41) is 0.987. The average molecular weight is 403 g/mol. The number of halogens is 1. The van der Waals surface area contributed by atoms with Gasteiger partial charge in [-0.05, 0) is 55.2 Å². The van der Waals surface area contributed by atoms with Crippen LogP contribution >= 0.6 is 0 Å². The summed E-state index contributed by atoms with van der Waals surface area (Å²) in [5.74, 6) is -0.584. The maximum absolute atomic E-state index is 13.9. The van der Waals surface area contributed by atoms with Crippen molar-refractivity contribution in [2.24, 2.45) is 0 Å². The third kappa shape index (κ3) is 2.50. The molecule has 0 radical (unpaired) electrons. The number of imide groups is 1. The molecule has 4 heterocycles. The summed E-state index contributed by atoms with van der Waals surface area (Å²) in [6.07, 6.45) is 3.87. The van der Waals surface area contributed by atoms with Crippen molar-refractivity contribution in [1.29, 1.82) is 0 Å². The lowest BCUT2D eigenvalue weighted by Gasteiger charge is -2.35. The Hall–Kier alpha value is -2.99. The molecule has 6 heteroatoms. The topological polar surface area (TPSA) is 56.4 Å². The quantitative estimate of drug-likeness (QED) is 0.669. The third-order valence-corrected chi connectivity index (χ3v) is 6.97. The van der Waals surface area contributed by atoms with Crippen LogP contribution in [0.2, 0.25) is 0 Å². The number of benzene rings is 2. The third-order valence-electron chi connectivity index (χ3n) is 6.97. The zero-order valence-corrected chi connectivity index (χ0v) is 16.5. The van der Waals surface area contributed by atoms with Gasteiger partial charge in [0.2, 0.25) is 0 Å². The molecule has 1 fully saturated rings. The number of nitrogens with zero attached hydrogens (tertiary/aromatic N) is 2. The molecule has 2 atom stereocenters. The molecule has 6 rings (SSSR count). The van der Waals surface area contributed by atoms with Crippen LogP contribution in [0.5, 0.6) is 0 Å². The van der Waals surface area contributed by atoms with E-state index in [1.807, 2.05) is 6.07 Å². The van der Waals surface area contributed by atoms with Crippen molar-refractivity contribution in [1.82, 2.24) is 14.8 Å². The van der Waals surface area contributed by atoms with E-state index in [0.29, 0.717) is 23.7 Å².